The van der Waals surface area contributed by atoms with Gasteiger partial charge in [-0.05, 0) is 86.5 Å². The second-order valence-electron chi connectivity index (χ2n) is 10.0. The third-order valence-electron chi connectivity index (χ3n) is 7.89. The first-order chi connectivity index (χ1) is 19.3. The predicted molar refractivity (Wildman–Crippen MR) is 161 cm³/mol. The van der Waals surface area contributed by atoms with E-state index in [-0.39, 0.29) is 5.92 Å². The van der Waals surface area contributed by atoms with Gasteiger partial charge in [-0.1, -0.05) is 101 Å². The molecule has 6 aromatic rings. The Morgan fingerprint density at radius 3 is 1.85 bits per heavy atom. The SMILES string of the molecule is Brc1cccc(Oc2ccc3c(c2)C2c4ncccc4-c4ccccc4-c4ccccc4-c4cccc-3c42)c1. The number of pyridine rings is 1. The minimum absolute atomic E-state index is 0.0207. The molecule has 1 atom stereocenters. The Hall–Kier alpha value is -4.47. The maximum absolute atomic E-state index is 6.36. The first-order valence-corrected chi connectivity index (χ1v) is 13.9. The number of benzene rings is 5. The van der Waals surface area contributed by atoms with Crippen molar-refractivity contribution < 1.29 is 4.74 Å². The van der Waals surface area contributed by atoms with Crippen molar-refractivity contribution in [3.8, 4) is 56.0 Å². The van der Waals surface area contributed by atoms with E-state index < -0.39 is 0 Å². The largest absolute Gasteiger partial charge is 0.457 e. The zero-order valence-electron chi connectivity index (χ0n) is 20.9. The standard InChI is InChI=1S/C36H22BrNO/c37-22-8-5-9-23(20-22)39-24-17-18-29-31-15-6-14-30-27-12-3-1-10-25(27)26-11-2-4-13-28(26)32-16-7-19-38-36(32)35(34(30)31)33(29)21-24/h1-21,35H. The van der Waals surface area contributed by atoms with Crippen LogP contribution in [0.1, 0.15) is 22.7 Å². The van der Waals surface area contributed by atoms with Gasteiger partial charge in [-0.25, -0.2) is 0 Å². The first-order valence-electron chi connectivity index (χ1n) is 13.1. The lowest BCUT2D eigenvalue weighted by atomic mass is 9.85. The van der Waals surface area contributed by atoms with E-state index in [1.54, 1.807) is 0 Å². The highest BCUT2D eigenvalue weighted by Crippen LogP contribution is 2.56. The number of ether oxygens (including phenoxy) is 1. The predicted octanol–water partition coefficient (Wildman–Crippen LogP) is 10.1. The van der Waals surface area contributed by atoms with E-state index in [1.165, 1.54) is 55.6 Å². The van der Waals surface area contributed by atoms with Crippen molar-refractivity contribution in [2.75, 3.05) is 0 Å². The van der Waals surface area contributed by atoms with Gasteiger partial charge in [0.2, 0.25) is 0 Å². The van der Waals surface area contributed by atoms with E-state index >= 15 is 0 Å². The fraction of sp³-hybridized carbons (Fsp3) is 0.0278. The highest BCUT2D eigenvalue weighted by Gasteiger charge is 2.36. The van der Waals surface area contributed by atoms with E-state index in [1.807, 2.05) is 30.5 Å². The summed E-state index contributed by atoms with van der Waals surface area (Å²) in [4.78, 5) is 5.09. The van der Waals surface area contributed by atoms with Gasteiger partial charge in [0.15, 0.2) is 0 Å². The van der Waals surface area contributed by atoms with Crippen LogP contribution in [-0.2, 0) is 0 Å². The average Bonchev–Trinajstić information content (AvgIpc) is 3.32. The number of hydrogen-bond donors (Lipinski definition) is 0. The van der Waals surface area contributed by atoms with Gasteiger partial charge in [0.25, 0.3) is 0 Å². The number of fused-ring (bicyclic) bond motifs is 10. The van der Waals surface area contributed by atoms with Crippen molar-refractivity contribution in [2.45, 2.75) is 5.92 Å². The minimum atomic E-state index is -0.0207. The summed E-state index contributed by atoms with van der Waals surface area (Å²) < 4.78 is 7.35. The molecule has 3 heteroatoms. The van der Waals surface area contributed by atoms with Crippen LogP contribution < -0.4 is 4.74 Å². The molecule has 1 aromatic heterocycles. The van der Waals surface area contributed by atoms with Crippen LogP contribution in [0.15, 0.2) is 132 Å². The number of rotatable bonds is 2. The second-order valence-corrected chi connectivity index (χ2v) is 11.0. The lowest BCUT2D eigenvalue weighted by Gasteiger charge is -2.19. The zero-order valence-corrected chi connectivity index (χ0v) is 22.5. The lowest BCUT2D eigenvalue weighted by Crippen LogP contribution is -2.05. The Morgan fingerprint density at radius 2 is 1.10 bits per heavy atom. The van der Waals surface area contributed by atoms with Crippen LogP contribution >= 0.6 is 15.9 Å². The molecule has 5 aromatic carbocycles. The van der Waals surface area contributed by atoms with Crippen LogP contribution in [0, 0.1) is 0 Å². The van der Waals surface area contributed by atoms with Gasteiger partial charge in [-0.3, -0.25) is 4.98 Å². The van der Waals surface area contributed by atoms with E-state index in [9.17, 15) is 0 Å². The average molecular weight is 564 g/mol. The second kappa shape index (κ2) is 8.79. The molecule has 0 saturated heterocycles. The summed E-state index contributed by atoms with van der Waals surface area (Å²) in [5.74, 6) is 1.60. The van der Waals surface area contributed by atoms with Gasteiger partial charge in [0, 0.05) is 16.2 Å². The van der Waals surface area contributed by atoms with Crippen LogP contribution in [0.4, 0.5) is 0 Å². The van der Waals surface area contributed by atoms with Crippen LogP contribution in [-0.4, -0.2) is 4.98 Å². The van der Waals surface area contributed by atoms with E-state index in [4.69, 9.17) is 9.72 Å². The van der Waals surface area contributed by atoms with Crippen molar-refractivity contribution in [2.24, 2.45) is 0 Å². The van der Waals surface area contributed by atoms with Gasteiger partial charge in [0.1, 0.15) is 11.5 Å². The molecule has 2 aliphatic rings. The summed E-state index contributed by atoms with van der Waals surface area (Å²) in [6.45, 7) is 0. The molecule has 8 rings (SSSR count). The molecule has 0 amide bonds. The number of nitrogens with zero attached hydrogens (tertiary/aromatic N) is 1. The molecule has 0 spiro atoms. The third kappa shape index (κ3) is 3.50. The van der Waals surface area contributed by atoms with E-state index in [0.29, 0.717) is 0 Å². The Morgan fingerprint density at radius 1 is 0.513 bits per heavy atom. The van der Waals surface area contributed by atoms with Gasteiger partial charge in [-0.15, -0.1) is 0 Å². The normalized spacial score (nSPS) is 14.0. The topological polar surface area (TPSA) is 22.1 Å². The summed E-state index contributed by atoms with van der Waals surface area (Å²) in [5, 5.41) is 0. The van der Waals surface area contributed by atoms with Crippen molar-refractivity contribution in [3.63, 3.8) is 0 Å². The molecular formula is C36H22BrNO. The summed E-state index contributed by atoms with van der Waals surface area (Å²) in [5.41, 5.74) is 13.5. The fourth-order valence-electron chi connectivity index (χ4n) is 6.32. The molecule has 0 saturated carbocycles. The van der Waals surface area contributed by atoms with Gasteiger partial charge in [-0.2, -0.15) is 0 Å². The van der Waals surface area contributed by atoms with Gasteiger partial charge < -0.3 is 4.74 Å². The maximum atomic E-state index is 6.36. The Bertz CT molecular complexity index is 1920. The number of aromatic nitrogens is 1. The molecule has 1 unspecified atom stereocenters. The van der Waals surface area contributed by atoms with Crippen molar-refractivity contribution in [3.05, 3.63) is 149 Å². The number of halogens is 1. The molecular weight excluding hydrogens is 542 g/mol. The van der Waals surface area contributed by atoms with Crippen molar-refractivity contribution in [1.82, 2.24) is 4.98 Å². The van der Waals surface area contributed by atoms with Gasteiger partial charge in [0.05, 0.1) is 11.6 Å². The molecule has 0 aliphatic heterocycles. The molecule has 0 N–H and O–H groups in total. The van der Waals surface area contributed by atoms with Crippen LogP contribution in [0.25, 0.3) is 44.5 Å². The van der Waals surface area contributed by atoms with E-state index in [0.717, 1.165) is 21.7 Å². The third-order valence-corrected chi connectivity index (χ3v) is 8.38. The maximum Gasteiger partial charge on any atom is 0.128 e. The zero-order chi connectivity index (χ0) is 25.9. The van der Waals surface area contributed by atoms with Crippen molar-refractivity contribution >= 4 is 15.9 Å². The van der Waals surface area contributed by atoms with Crippen LogP contribution in [0.5, 0.6) is 11.5 Å². The molecule has 0 fully saturated rings. The molecule has 2 nitrogen and oxygen atoms in total. The van der Waals surface area contributed by atoms with Crippen LogP contribution in [0.2, 0.25) is 0 Å². The first kappa shape index (κ1) is 22.5. The molecule has 1 heterocycles. The molecule has 184 valence electrons. The number of hydrogen-bond acceptors (Lipinski definition) is 2. The highest BCUT2D eigenvalue weighted by molar-refractivity contribution is 9.10. The summed E-state index contributed by atoms with van der Waals surface area (Å²) in [6.07, 6.45) is 1.93. The molecule has 2 aliphatic carbocycles. The summed E-state index contributed by atoms with van der Waals surface area (Å²) in [6, 6.07) is 42.9. The van der Waals surface area contributed by atoms with Gasteiger partial charge >= 0.3 is 0 Å². The molecule has 0 radical (unpaired) electrons. The smallest absolute Gasteiger partial charge is 0.128 e. The highest BCUT2D eigenvalue weighted by atomic mass is 79.9. The molecule has 39 heavy (non-hydrogen) atoms. The van der Waals surface area contributed by atoms with E-state index in [2.05, 4.69) is 113 Å². The van der Waals surface area contributed by atoms with Crippen LogP contribution in [0.3, 0.4) is 0 Å². The Balaban J connectivity index is 1.43. The molecule has 0 bridgehead atoms. The minimum Gasteiger partial charge on any atom is -0.457 e. The quantitative estimate of drug-likeness (QED) is 0.208. The summed E-state index contributed by atoms with van der Waals surface area (Å²) >= 11 is 3.56. The lowest BCUT2D eigenvalue weighted by molar-refractivity contribution is 0.481. The van der Waals surface area contributed by atoms with Crippen molar-refractivity contribution in [1.29, 1.82) is 0 Å². The fourth-order valence-corrected chi connectivity index (χ4v) is 6.70. The monoisotopic (exact) mass is 563 g/mol. The Kier molecular flexibility index (Phi) is 5.07. The Labute approximate surface area is 235 Å². The summed E-state index contributed by atoms with van der Waals surface area (Å²) in [7, 11) is 0.